The summed E-state index contributed by atoms with van der Waals surface area (Å²) in [6.07, 6.45) is 7.24. The van der Waals surface area contributed by atoms with Gasteiger partial charge in [0.2, 0.25) is 5.91 Å². The summed E-state index contributed by atoms with van der Waals surface area (Å²) in [6.45, 7) is 2.38. The molecule has 1 unspecified atom stereocenters. The highest BCUT2D eigenvalue weighted by atomic mass is 35.5. The van der Waals surface area contributed by atoms with E-state index in [2.05, 4.69) is 0 Å². The van der Waals surface area contributed by atoms with E-state index in [0.29, 0.717) is 5.02 Å². The lowest BCUT2D eigenvalue weighted by atomic mass is 10.2. The molecule has 0 N–H and O–H groups in total. The summed E-state index contributed by atoms with van der Waals surface area (Å²) in [7, 11) is 0. The third kappa shape index (κ3) is 4.32. The second kappa shape index (κ2) is 6.63. The molecule has 1 aromatic carbocycles. The van der Waals surface area contributed by atoms with Crippen molar-refractivity contribution in [1.82, 2.24) is 4.90 Å². The first-order chi connectivity index (χ1) is 10.2. The van der Waals surface area contributed by atoms with Crippen LogP contribution in [0.1, 0.15) is 24.8 Å². The van der Waals surface area contributed by atoms with Crippen molar-refractivity contribution in [3.8, 4) is 0 Å². The van der Waals surface area contributed by atoms with E-state index in [0.717, 1.165) is 37.6 Å². The number of hydrogen-bond acceptors (Lipinski definition) is 2. The van der Waals surface area contributed by atoms with Gasteiger partial charge in [0.25, 0.3) is 0 Å². The van der Waals surface area contributed by atoms with Gasteiger partial charge in [-0.2, -0.15) is 0 Å². The number of nitrogens with zero attached hydrogens (tertiary/aromatic N) is 1. The maximum Gasteiger partial charge on any atom is 0.246 e. The number of halogens is 1. The largest absolute Gasteiger partial charge is 0.376 e. The van der Waals surface area contributed by atoms with Crippen LogP contribution in [0.5, 0.6) is 0 Å². The van der Waals surface area contributed by atoms with Gasteiger partial charge in [0.05, 0.1) is 6.10 Å². The van der Waals surface area contributed by atoms with Crippen LogP contribution >= 0.6 is 11.6 Å². The number of carbonyl (C=O) groups is 1. The predicted molar refractivity (Wildman–Crippen MR) is 84.1 cm³/mol. The number of rotatable bonds is 5. The molecule has 1 aliphatic heterocycles. The first-order valence-electron chi connectivity index (χ1n) is 7.55. The zero-order valence-electron chi connectivity index (χ0n) is 12.0. The molecule has 2 aliphatic rings. The van der Waals surface area contributed by atoms with Gasteiger partial charge in [0.1, 0.15) is 0 Å². The molecule has 112 valence electrons. The van der Waals surface area contributed by atoms with Gasteiger partial charge in [-0.15, -0.1) is 0 Å². The molecule has 0 bridgehead atoms. The molecule has 1 saturated carbocycles. The molecule has 0 aromatic heterocycles. The second-order valence-electron chi connectivity index (χ2n) is 5.86. The Morgan fingerprint density at radius 3 is 2.76 bits per heavy atom. The van der Waals surface area contributed by atoms with Crippen LogP contribution in [-0.4, -0.2) is 36.6 Å². The fourth-order valence-electron chi connectivity index (χ4n) is 2.47. The first-order valence-corrected chi connectivity index (χ1v) is 7.92. The molecule has 1 saturated heterocycles. The Hall–Kier alpha value is -1.32. The van der Waals surface area contributed by atoms with Crippen LogP contribution in [0.15, 0.2) is 30.3 Å². The molecule has 3 nitrogen and oxygen atoms in total. The molecule has 0 radical (unpaired) electrons. The number of likely N-dealkylation sites (tertiary alicyclic amines) is 1. The average molecular weight is 306 g/mol. The van der Waals surface area contributed by atoms with Gasteiger partial charge in [-0.25, -0.2) is 0 Å². The molecule has 4 heteroatoms. The van der Waals surface area contributed by atoms with E-state index < -0.39 is 0 Å². The summed E-state index contributed by atoms with van der Waals surface area (Å²) in [5.74, 6) is 0.835. The lowest BCUT2D eigenvalue weighted by Gasteiger charge is -2.14. The highest BCUT2D eigenvalue weighted by Crippen LogP contribution is 2.30. The summed E-state index contributed by atoms with van der Waals surface area (Å²) in [5, 5.41) is 0.702. The molecule has 21 heavy (non-hydrogen) atoms. The van der Waals surface area contributed by atoms with Crippen LogP contribution in [0.2, 0.25) is 5.02 Å². The Morgan fingerprint density at radius 1 is 1.29 bits per heavy atom. The zero-order chi connectivity index (χ0) is 14.7. The maximum absolute atomic E-state index is 12.1. The minimum atomic E-state index is 0.0578. The fraction of sp³-hybridized carbons (Fsp3) is 0.471. The third-order valence-corrected chi connectivity index (χ3v) is 4.26. The van der Waals surface area contributed by atoms with Crippen molar-refractivity contribution in [3.05, 3.63) is 40.9 Å². The molecule has 1 atom stereocenters. The summed E-state index contributed by atoms with van der Waals surface area (Å²) >= 11 is 5.84. The third-order valence-electron chi connectivity index (χ3n) is 4.01. The number of hydrogen-bond donors (Lipinski definition) is 0. The molecule has 0 spiro atoms. The van der Waals surface area contributed by atoms with Gasteiger partial charge in [-0.3, -0.25) is 4.79 Å². The van der Waals surface area contributed by atoms with Crippen LogP contribution in [0, 0.1) is 5.92 Å². The van der Waals surface area contributed by atoms with Crippen molar-refractivity contribution in [2.45, 2.75) is 25.4 Å². The van der Waals surface area contributed by atoms with Crippen LogP contribution in [0.3, 0.4) is 0 Å². The summed E-state index contributed by atoms with van der Waals surface area (Å²) in [4.78, 5) is 14.0. The summed E-state index contributed by atoms with van der Waals surface area (Å²) < 4.78 is 5.85. The normalized spacial score (nSPS) is 22.1. The molecule has 2 fully saturated rings. The Bertz CT molecular complexity index is 522. The standard InChI is InChI=1S/C17H20ClNO2/c18-15-6-3-13(4-7-15)5-8-17(20)19-10-9-16(11-19)21-12-14-1-2-14/h3-8,14,16H,1-2,9-12H2/b8-5+. The van der Waals surface area contributed by atoms with Crippen molar-refractivity contribution in [1.29, 1.82) is 0 Å². The van der Waals surface area contributed by atoms with Crippen LogP contribution in [0.25, 0.3) is 6.08 Å². The first kappa shape index (κ1) is 14.6. The highest BCUT2D eigenvalue weighted by molar-refractivity contribution is 6.30. The number of amides is 1. The SMILES string of the molecule is O=C(/C=C/c1ccc(Cl)cc1)N1CCC(OCC2CC2)C1. The van der Waals surface area contributed by atoms with E-state index in [1.807, 2.05) is 35.2 Å². The van der Waals surface area contributed by atoms with Gasteiger partial charge in [0.15, 0.2) is 0 Å². The van der Waals surface area contributed by atoms with Crippen LogP contribution in [-0.2, 0) is 9.53 Å². The molecule has 1 amide bonds. The van der Waals surface area contributed by atoms with E-state index in [-0.39, 0.29) is 12.0 Å². The minimum absolute atomic E-state index is 0.0578. The average Bonchev–Trinajstić information content (AvgIpc) is 3.20. The van der Waals surface area contributed by atoms with Gasteiger partial charge in [-0.05, 0) is 49.0 Å². The molecule has 1 aromatic rings. The van der Waals surface area contributed by atoms with Crippen molar-refractivity contribution >= 4 is 23.6 Å². The van der Waals surface area contributed by atoms with Gasteiger partial charge < -0.3 is 9.64 Å². The molecule has 3 rings (SSSR count). The minimum Gasteiger partial charge on any atom is -0.376 e. The topological polar surface area (TPSA) is 29.5 Å². The number of benzene rings is 1. The Balaban J connectivity index is 1.47. The molecular weight excluding hydrogens is 286 g/mol. The molecule has 1 heterocycles. The summed E-state index contributed by atoms with van der Waals surface area (Å²) in [5.41, 5.74) is 0.980. The highest BCUT2D eigenvalue weighted by Gasteiger charge is 2.28. The second-order valence-corrected chi connectivity index (χ2v) is 6.29. The van der Waals surface area contributed by atoms with Crippen LogP contribution in [0.4, 0.5) is 0 Å². The molecular formula is C17H20ClNO2. The van der Waals surface area contributed by atoms with Crippen LogP contribution < -0.4 is 0 Å². The van der Waals surface area contributed by atoms with E-state index in [9.17, 15) is 4.79 Å². The Kier molecular flexibility index (Phi) is 4.61. The molecule has 1 aliphatic carbocycles. The van der Waals surface area contributed by atoms with Crippen molar-refractivity contribution < 1.29 is 9.53 Å². The van der Waals surface area contributed by atoms with Gasteiger partial charge in [0, 0.05) is 30.8 Å². The van der Waals surface area contributed by atoms with E-state index >= 15 is 0 Å². The smallest absolute Gasteiger partial charge is 0.246 e. The van der Waals surface area contributed by atoms with Crippen molar-refractivity contribution in [2.24, 2.45) is 5.92 Å². The Morgan fingerprint density at radius 2 is 2.05 bits per heavy atom. The Labute approximate surface area is 130 Å². The predicted octanol–water partition coefficient (Wildman–Crippen LogP) is 3.38. The lowest BCUT2D eigenvalue weighted by Crippen LogP contribution is -2.28. The monoisotopic (exact) mass is 305 g/mol. The fourth-order valence-corrected chi connectivity index (χ4v) is 2.59. The van der Waals surface area contributed by atoms with E-state index in [1.165, 1.54) is 12.8 Å². The van der Waals surface area contributed by atoms with Gasteiger partial charge in [-0.1, -0.05) is 23.7 Å². The van der Waals surface area contributed by atoms with Crippen molar-refractivity contribution in [3.63, 3.8) is 0 Å². The van der Waals surface area contributed by atoms with E-state index in [1.54, 1.807) is 6.08 Å². The van der Waals surface area contributed by atoms with Crippen molar-refractivity contribution in [2.75, 3.05) is 19.7 Å². The quantitative estimate of drug-likeness (QED) is 0.781. The zero-order valence-corrected chi connectivity index (χ0v) is 12.8. The van der Waals surface area contributed by atoms with Gasteiger partial charge >= 0.3 is 0 Å². The lowest BCUT2D eigenvalue weighted by molar-refractivity contribution is -0.125. The van der Waals surface area contributed by atoms with E-state index in [4.69, 9.17) is 16.3 Å². The number of carbonyl (C=O) groups excluding carboxylic acids is 1. The number of ether oxygens (including phenoxy) is 1. The maximum atomic E-state index is 12.1. The summed E-state index contributed by atoms with van der Waals surface area (Å²) in [6, 6.07) is 7.45.